The predicted molar refractivity (Wildman–Crippen MR) is 137 cm³/mol. The molecule has 0 spiro atoms. The third kappa shape index (κ3) is 5.18. The van der Waals surface area contributed by atoms with Crippen molar-refractivity contribution in [2.75, 3.05) is 6.54 Å². The molecule has 1 aliphatic rings. The lowest BCUT2D eigenvalue weighted by Crippen LogP contribution is -2.31. The number of benzene rings is 2. The van der Waals surface area contributed by atoms with Gasteiger partial charge in [-0.05, 0) is 55.3 Å². The summed E-state index contributed by atoms with van der Waals surface area (Å²) in [5.41, 5.74) is 2.64. The molecular weight excluding hydrogens is 470 g/mol. The number of aliphatic hydroxyl groups is 1. The van der Waals surface area contributed by atoms with Crippen LogP contribution in [0.25, 0.3) is 5.76 Å². The van der Waals surface area contributed by atoms with Crippen molar-refractivity contribution < 1.29 is 23.8 Å². The number of aromatic nitrogens is 2. The van der Waals surface area contributed by atoms with Crippen LogP contribution >= 0.6 is 0 Å². The number of Topliss-reactive ketones (excluding diaryl/α,β-unsaturated/α-hetero) is 1. The summed E-state index contributed by atoms with van der Waals surface area (Å²) in [6.07, 6.45) is 7.32. The van der Waals surface area contributed by atoms with Crippen LogP contribution in [0.15, 0.2) is 95.6 Å². The van der Waals surface area contributed by atoms with Gasteiger partial charge in [0.1, 0.15) is 29.9 Å². The van der Waals surface area contributed by atoms with Gasteiger partial charge in [-0.2, -0.15) is 0 Å². The van der Waals surface area contributed by atoms with Gasteiger partial charge in [-0.25, -0.2) is 4.98 Å². The topological polar surface area (TPSA) is 97.8 Å². The maximum atomic E-state index is 13.1. The second-order valence-corrected chi connectivity index (χ2v) is 8.96. The average molecular weight is 498 g/mol. The molecule has 37 heavy (non-hydrogen) atoms. The minimum absolute atomic E-state index is 0.0102. The zero-order valence-electron chi connectivity index (χ0n) is 20.4. The third-order valence-electron chi connectivity index (χ3n) is 6.34. The fraction of sp³-hybridized carbons (Fsp3) is 0.207. The van der Waals surface area contributed by atoms with Crippen molar-refractivity contribution in [2.45, 2.75) is 32.5 Å². The minimum atomic E-state index is -0.810. The van der Waals surface area contributed by atoms with Gasteiger partial charge in [-0.3, -0.25) is 9.59 Å². The number of aryl methyl sites for hydroxylation is 2. The number of ketones is 1. The molecular formula is C29H27N3O5. The summed E-state index contributed by atoms with van der Waals surface area (Å²) < 4.78 is 13.4. The van der Waals surface area contributed by atoms with Crippen LogP contribution in [0.5, 0.6) is 5.75 Å². The lowest BCUT2D eigenvalue weighted by molar-refractivity contribution is -0.140. The summed E-state index contributed by atoms with van der Waals surface area (Å²) in [5, 5.41) is 11.2. The number of hydrogen-bond donors (Lipinski definition) is 1. The first-order valence-corrected chi connectivity index (χ1v) is 12.1. The Morgan fingerprint density at radius 1 is 1.08 bits per heavy atom. The lowest BCUT2D eigenvalue weighted by Gasteiger charge is -2.23. The Balaban J connectivity index is 1.37. The highest BCUT2D eigenvalue weighted by Gasteiger charge is 2.47. The number of likely N-dealkylation sites (tertiary alicyclic amines) is 1. The number of hydrogen-bond acceptors (Lipinski definition) is 6. The Morgan fingerprint density at radius 2 is 1.92 bits per heavy atom. The van der Waals surface area contributed by atoms with Gasteiger partial charge in [0.2, 0.25) is 0 Å². The molecule has 2 aromatic heterocycles. The molecule has 1 amide bonds. The molecule has 0 bridgehead atoms. The lowest BCUT2D eigenvalue weighted by atomic mass is 9.99. The van der Waals surface area contributed by atoms with Crippen molar-refractivity contribution in [1.29, 1.82) is 0 Å². The molecule has 4 aromatic rings. The largest absolute Gasteiger partial charge is 0.507 e. The molecule has 1 atom stereocenters. The molecule has 5 rings (SSSR count). The molecule has 2 aromatic carbocycles. The van der Waals surface area contributed by atoms with Gasteiger partial charge in [-0.15, -0.1) is 0 Å². The van der Waals surface area contributed by atoms with E-state index in [0.717, 1.165) is 11.1 Å². The number of carbonyl (C=O) groups is 2. The Morgan fingerprint density at radius 3 is 2.62 bits per heavy atom. The fourth-order valence-electron chi connectivity index (χ4n) is 4.53. The number of furan rings is 1. The van der Waals surface area contributed by atoms with Crippen LogP contribution in [0.3, 0.4) is 0 Å². The molecule has 1 N–H and O–H groups in total. The molecule has 0 radical (unpaired) electrons. The zero-order valence-corrected chi connectivity index (χ0v) is 20.4. The predicted octanol–water partition coefficient (Wildman–Crippen LogP) is 4.88. The van der Waals surface area contributed by atoms with E-state index in [4.69, 9.17) is 9.15 Å². The Labute approximate surface area is 214 Å². The van der Waals surface area contributed by atoms with Gasteiger partial charge in [0, 0.05) is 31.0 Å². The summed E-state index contributed by atoms with van der Waals surface area (Å²) >= 11 is 0. The number of imidazole rings is 1. The molecule has 3 heterocycles. The summed E-state index contributed by atoms with van der Waals surface area (Å²) in [4.78, 5) is 31.6. The third-order valence-corrected chi connectivity index (χ3v) is 6.34. The summed E-state index contributed by atoms with van der Waals surface area (Å²) in [6, 6.07) is 17.5. The standard InChI is InChI=1S/C29H27N3O5/c1-20-5-2-6-21(17-20)18-37-23-10-8-22(9-11-23)27(33)25-26(24-7-3-16-36-24)32(29(35)28(25)34)14-4-13-31-15-12-30-19-31/h2-3,5-12,15-17,19,26,33H,4,13-14,18H2,1H3/t26-/m0/s1. The number of aliphatic hydroxyl groups excluding tert-OH is 1. The quantitative estimate of drug-likeness (QED) is 0.201. The highest BCUT2D eigenvalue weighted by Crippen LogP contribution is 2.39. The summed E-state index contributed by atoms with van der Waals surface area (Å²) in [6.45, 7) is 3.39. The van der Waals surface area contributed by atoms with Gasteiger partial charge >= 0.3 is 0 Å². The second-order valence-electron chi connectivity index (χ2n) is 8.96. The smallest absolute Gasteiger partial charge is 0.295 e. The Hall–Kier alpha value is -4.59. The van der Waals surface area contributed by atoms with Crippen LogP contribution in [0.4, 0.5) is 0 Å². The van der Waals surface area contributed by atoms with Crippen molar-refractivity contribution in [2.24, 2.45) is 0 Å². The molecule has 1 fully saturated rings. The first-order chi connectivity index (χ1) is 18.0. The maximum absolute atomic E-state index is 13.1. The van der Waals surface area contributed by atoms with E-state index in [1.54, 1.807) is 48.9 Å². The van der Waals surface area contributed by atoms with E-state index in [0.29, 0.717) is 43.2 Å². The van der Waals surface area contributed by atoms with E-state index in [1.165, 1.54) is 11.2 Å². The molecule has 188 valence electrons. The second kappa shape index (κ2) is 10.6. The molecule has 8 nitrogen and oxygen atoms in total. The monoisotopic (exact) mass is 497 g/mol. The highest BCUT2D eigenvalue weighted by atomic mass is 16.5. The number of amides is 1. The first-order valence-electron chi connectivity index (χ1n) is 12.1. The number of carbonyl (C=O) groups excluding carboxylic acids is 2. The normalized spacial score (nSPS) is 16.9. The molecule has 1 saturated heterocycles. The molecule has 0 saturated carbocycles. The number of rotatable bonds is 9. The van der Waals surface area contributed by atoms with Crippen molar-refractivity contribution in [1.82, 2.24) is 14.5 Å². The van der Waals surface area contributed by atoms with E-state index in [-0.39, 0.29) is 11.3 Å². The molecule has 1 aliphatic heterocycles. The average Bonchev–Trinajstić information content (AvgIpc) is 3.67. The maximum Gasteiger partial charge on any atom is 0.295 e. The van der Waals surface area contributed by atoms with Crippen LogP contribution in [-0.4, -0.2) is 37.8 Å². The van der Waals surface area contributed by atoms with E-state index >= 15 is 0 Å². The highest BCUT2D eigenvalue weighted by molar-refractivity contribution is 6.46. The van der Waals surface area contributed by atoms with E-state index < -0.39 is 17.7 Å². The van der Waals surface area contributed by atoms with Crippen molar-refractivity contribution in [3.8, 4) is 5.75 Å². The Bertz CT molecular complexity index is 1410. The summed E-state index contributed by atoms with van der Waals surface area (Å²) in [5.74, 6) is -0.600. The van der Waals surface area contributed by atoms with Gasteiger partial charge in [0.25, 0.3) is 11.7 Å². The molecule has 8 heteroatoms. The van der Waals surface area contributed by atoms with Crippen molar-refractivity contribution >= 4 is 17.4 Å². The minimum Gasteiger partial charge on any atom is -0.507 e. The van der Waals surface area contributed by atoms with Crippen LogP contribution in [0, 0.1) is 6.92 Å². The molecule has 0 aliphatic carbocycles. The van der Waals surface area contributed by atoms with Crippen molar-refractivity contribution in [3.63, 3.8) is 0 Å². The number of ether oxygens (including phenoxy) is 1. The van der Waals surface area contributed by atoms with E-state index in [1.807, 2.05) is 35.9 Å². The fourth-order valence-corrected chi connectivity index (χ4v) is 4.53. The van der Waals surface area contributed by atoms with Gasteiger partial charge in [0.05, 0.1) is 18.2 Å². The van der Waals surface area contributed by atoms with E-state index in [9.17, 15) is 14.7 Å². The first kappa shape index (κ1) is 24.1. The summed E-state index contributed by atoms with van der Waals surface area (Å²) in [7, 11) is 0. The zero-order chi connectivity index (χ0) is 25.8. The van der Waals surface area contributed by atoms with Gasteiger partial charge in [-0.1, -0.05) is 29.8 Å². The Kier molecular flexibility index (Phi) is 6.89. The van der Waals surface area contributed by atoms with Crippen LogP contribution in [-0.2, 0) is 22.7 Å². The van der Waals surface area contributed by atoms with Gasteiger partial charge in [0.15, 0.2) is 0 Å². The van der Waals surface area contributed by atoms with Crippen molar-refractivity contribution in [3.05, 3.63) is 114 Å². The molecule has 0 unspecified atom stereocenters. The number of nitrogens with zero attached hydrogens (tertiary/aromatic N) is 3. The van der Waals surface area contributed by atoms with Gasteiger partial charge < -0.3 is 23.7 Å². The van der Waals surface area contributed by atoms with Crippen LogP contribution in [0.1, 0.15) is 34.9 Å². The van der Waals surface area contributed by atoms with Crippen LogP contribution < -0.4 is 4.74 Å². The van der Waals surface area contributed by atoms with Crippen LogP contribution in [0.2, 0.25) is 0 Å². The SMILES string of the molecule is Cc1cccc(COc2ccc(C(O)=C3C(=O)C(=O)N(CCCn4ccnc4)[C@H]3c3ccco3)cc2)c1. The van der Waals surface area contributed by atoms with E-state index in [2.05, 4.69) is 11.1 Å².